The molecule has 2 rings (SSSR count). The van der Waals surface area contributed by atoms with Crippen LogP contribution in [0.25, 0.3) is 0 Å². The van der Waals surface area contributed by atoms with E-state index in [1.165, 1.54) is 11.8 Å². The quantitative estimate of drug-likeness (QED) is 0.319. The maximum atomic E-state index is 13.1. The van der Waals surface area contributed by atoms with E-state index in [2.05, 4.69) is 12.2 Å². The molecule has 32 heavy (non-hydrogen) atoms. The van der Waals surface area contributed by atoms with E-state index in [1.54, 1.807) is 48.2 Å². The molecule has 0 aromatic heterocycles. The molecule has 0 aliphatic heterocycles. The third-order valence-corrected chi connectivity index (χ3v) is 7.26. The molecule has 2 aromatic carbocycles. The van der Waals surface area contributed by atoms with Gasteiger partial charge in [0.15, 0.2) is 0 Å². The summed E-state index contributed by atoms with van der Waals surface area (Å²) in [7, 11) is 0. The van der Waals surface area contributed by atoms with Crippen LogP contribution in [0.3, 0.4) is 0 Å². The highest BCUT2D eigenvalue weighted by molar-refractivity contribution is 7.99. The van der Waals surface area contributed by atoms with E-state index < -0.39 is 6.04 Å². The molecule has 0 aliphatic rings. The van der Waals surface area contributed by atoms with Gasteiger partial charge in [-0.25, -0.2) is 0 Å². The highest BCUT2D eigenvalue weighted by Crippen LogP contribution is 2.29. The third kappa shape index (κ3) is 8.03. The van der Waals surface area contributed by atoms with Crippen molar-refractivity contribution >= 4 is 70.0 Å². The van der Waals surface area contributed by atoms with Crippen molar-refractivity contribution in [3.05, 3.63) is 67.6 Å². The highest BCUT2D eigenvalue weighted by Gasteiger charge is 2.26. The van der Waals surface area contributed by atoms with Gasteiger partial charge in [0.05, 0.1) is 15.8 Å². The number of hydrogen-bond donors (Lipinski definition) is 1. The number of benzene rings is 2. The van der Waals surface area contributed by atoms with Crippen LogP contribution in [0.2, 0.25) is 20.1 Å². The first-order valence-corrected chi connectivity index (χ1v) is 12.9. The average molecular weight is 536 g/mol. The van der Waals surface area contributed by atoms with Crippen molar-refractivity contribution in [2.24, 2.45) is 0 Å². The number of rotatable bonds is 11. The standard InChI is InChI=1S/C23H26Cl4N2O2S/c1-3-4-10-28-23(31)15(2)29(12-16-8-9-20(26)21(27)11-16)22(30)14-32-13-17-18(24)6-5-7-19(17)25/h5-9,11,15H,3-4,10,12-14H2,1-2H3,(H,28,31)/t15-/m1/s1. The number of carbonyl (C=O) groups is 2. The molecule has 1 N–H and O–H groups in total. The Bertz CT molecular complexity index is 922. The van der Waals surface area contributed by atoms with Crippen LogP contribution in [-0.4, -0.2) is 35.1 Å². The molecule has 174 valence electrons. The van der Waals surface area contributed by atoms with E-state index in [0.717, 1.165) is 24.0 Å². The molecule has 0 aliphatic carbocycles. The van der Waals surface area contributed by atoms with Crippen LogP contribution in [0.4, 0.5) is 0 Å². The maximum absolute atomic E-state index is 13.1. The van der Waals surface area contributed by atoms with Gasteiger partial charge in [-0.3, -0.25) is 9.59 Å². The Balaban J connectivity index is 2.11. The Morgan fingerprint density at radius 1 is 1.03 bits per heavy atom. The summed E-state index contributed by atoms with van der Waals surface area (Å²) in [5.74, 6) is 0.311. The number of halogens is 4. The zero-order valence-corrected chi connectivity index (χ0v) is 21.8. The Morgan fingerprint density at radius 2 is 1.72 bits per heavy atom. The van der Waals surface area contributed by atoms with Gasteiger partial charge in [-0.1, -0.05) is 71.9 Å². The minimum Gasteiger partial charge on any atom is -0.354 e. The monoisotopic (exact) mass is 534 g/mol. The molecule has 0 spiro atoms. The summed E-state index contributed by atoms with van der Waals surface area (Å²) >= 11 is 26.0. The van der Waals surface area contributed by atoms with Crippen molar-refractivity contribution in [2.45, 2.75) is 45.0 Å². The topological polar surface area (TPSA) is 49.4 Å². The van der Waals surface area contributed by atoms with Crippen LogP contribution in [0.5, 0.6) is 0 Å². The van der Waals surface area contributed by atoms with Gasteiger partial charge in [-0.05, 0) is 48.7 Å². The second-order valence-electron chi connectivity index (χ2n) is 7.28. The van der Waals surface area contributed by atoms with Crippen molar-refractivity contribution in [3.8, 4) is 0 Å². The summed E-state index contributed by atoms with van der Waals surface area (Å²) in [5.41, 5.74) is 1.58. The lowest BCUT2D eigenvalue weighted by Crippen LogP contribution is -2.48. The first kappa shape index (κ1) is 27.1. The number of hydrogen-bond acceptors (Lipinski definition) is 3. The van der Waals surface area contributed by atoms with Crippen LogP contribution in [-0.2, 0) is 21.9 Å². The summed E-state index contributed by atoms with van der Waals surface area (Å²) in [5, 5.41) is 4.87. The number of unbranched alkanes of at least 4 members (excludes halogenated alkanes) is 1. The molecule has 4 nitrogen and oxygen atoms in total. The fourth-order valence-corrected chi connectivity index (χ4v) is 4.91. The molecule has 0 saturated heterocycles. The normalized spacial score (nSPS) is 11.8. The SMILES string of the molecule is CCCCNC(=O)[C@@H](C)N(Cc1ccc(Cl)c(Cl)c1)C(=O)CSCc1c(Cl)cccc1Cl. The van der Waals surface area contributed by atoms with Crippen LogP contribution in [0.1, 0.15) is 37.8 Å². The maximum Gasteiger partial charge on any atom is 0.242 e. The summed E-state index contributed by atoms with van der Waals surface area (Å²) in [4.78, 5) is 27.4. The molecular weight excluding hydrogens is 510 g/mol. The Morgan fingerprint density at radius 3 is 2.34 bits per heavy atom. The largest absolute Gasteiger partial charge is 0.354 e. The lowest BCUT2D eigenvalue weighted by molar-refractivity contribution is -0.138. The van der Waals surface area contributed by atoms with Gasteiger partial charge in [-0.2, -0.15) is 0 Å². The minimum absolute atomic E-state index is 0.164. The number of carbonyl (C=O) groups excluding carboxylic acids is 2. The Labute approximate surface area is 213 Å². The van der Waals surface area contributed by atoms with E-state index in [4.69, 9.17) is 46.4 Å². The summed E-state index contributed by atoms with van der Waals surface area (Å²) in [6.45, 7) is 4.60. The van der Waals surface area contributed by atoms with Gasteiger partial charge >= 0.3 is 0 Å². The molecule has 9 heteroatoms. The lowest BCUT2D eigenvalue weighted by Gasteiger charge is -2.29. The molecule has 0 bridgehead atoms. The fraction of sp³-hybridized carbons (Fsp3) is 0.391. The molecule has 2 aromatic rings. The molecule has 2 amide bonds. The van der Waals surface area contributed by atoms with Crippen molar-refractivity contribution in [3.63, 3.8) is 0 Å². The second-order valence-corrected chi connectivity index (χ2v) is 9.90. The van der Waals surface area contributed by atoms with E-state index in [0.29, 0.717) is 32.4 Å². The van der Waals surface area contributed by atoms with Crippen molar-refractivity contribution < 1.29 is 9.59 Å². The number of nitrogens with zero attached hydrogens (tertiary/aromatic N) is 1. The summed E-state index contributed by atoms with van der Waals surface area (Å²) < 4.78 is 0. The molecule has 0 fully saturated rings. The van der Waals surface area contributed by atoms with E-state index in [1.807, 2.05) is 0 Å². The van der Waals surface area contributed by atoms with Crippen LogP contribution in [0, 0.1) is 0 Å². The van der Waals surface area contributed by atoms with Gasteiger partial charge in [0, 0.05) is 28.9 Å². The lowest BCUT2D eigenvalue weighted by atomic mass is 10.1. The van der Waals surface area contributed by atoms with Crippen LogP contribution < -0.4 is 5.32 Å². The molecule has 0 unspecified atom stereocenters. The smallest absolute Gasteiger partial charge is 0.242 e. The van der Waals surface area contributed by atoms with Gasteiger partial charge < -0.3 is 10.2 Å². The van der Waals surface area contributed by atoms with Crippen molar-refractivity contribution in [1.82, 2.24) is 10.2 Å². The van der Waals surface area contributed by atoms with Gasteiger partial charge in [-0.15, -0.1) is 11.8 Å². The minimum atomic E-state index is -0.640. The van der Waals surface area contributed by atoms with Crippen molar-refractivity contribution in [1.29, 1.82) is 0 Å². The Hall–Kier alpha value is -1.11. The first-order chi connectivity index (χ1) is 15.2. The first-order valence-electron chi connectivity index (χ1n) is 10.3. The zero-order valence-electron chi connectivity index (χ0n) is 18.0. The van der Waals surface area contributed by atoms with E-state index in [-0.39, 0.29) is 24.1 Å². The van der Waals surface area contributed by atoms with Gasteiger partial charge in [0.25, 0.3) is 0 Å². The van der Waals surface area contributed by atoms with Crippen molar-refractivity contribution in [2.75, 3.05) is 12.3 Å². The van der Waals surface area contributed by atoms with Crippen LogP contribution in [0.15, 0.2) is 36.4 Å². The van der Waals surface area contributed by atoms with E-state index in [9.17, 15) is 9.59 Å². The van der Waals surface area contributed by atoms with E-state index >= 15 is 0 Å². The van der Waals surface area contributed by atoms with Gasteiger partial charge in [0.2, 0.25) is 11.8 Å². The molecule has 0 heterocycles. The van der Waals surface area contributed by atoms with Gasteiger partial charge in [0.1, 0.15) is 6.04 Å². The average Bonchev–Trinajstić information content (AvgIpc) is 2.76. The molecule has 0 radical (unpaired) electrons. The molecule has 0 saturated carbocycles. The zero-order chi connectivity index (χ0) is 23.7. The predicted octanol–water partition coefficient (Wildman–Crippen LogP) is 6.87. The predicted molar refractivity (Wildman–Crippen MR) is 137 cm³/mol. The molecular formula is C23H26Cl4N2O2S. The summed E-state index contributed by atoms with van der Waals surface area (Å²) in [6, 6.07) is 9.87. The highest BCUT2D eigenvalue weighted by atomic mass is 35.5. The second kappa shape index (κ2) is 13.6. The molecule has 1 atom stereocenters. The number of nitrogens with one attached hydrogen (secondary N) is 1. The third-order valence-electron chi connectivity index (χ3n) is 4.87. The fourth-order valence-electron chi connectivity index (χ4n) is 2.95. The summed E-state index contributed by atoms with van der Waals surface area (Å²) in [6.07, 6.45) is 1.86. The number of amides is 2. The van der Waals surface area contributed by atoms with Crippen LogP contribution >= 0.6 is 58.2 Å². The Kier molecular flexibility index (Phi) is 11.5. The number of thioether (sulfide) groups is 1.